The Balaban J connectivity index is -0.000000314. The molecule has 0 bridgehead atoms. The second kappa shape index (κ2) is 28.0. The highest BCUT2D eigenvalue weighted by Gasteiger charge is 2.11. The Labute approximate surface area is 202 Å². The van der Waals surface area contributed by atoms with E-state index < -0.39 is 0 Å². The molecule has 0 amide bonds. The van der Waals surface area contributed by atoms with E-state index in [2.05, 4.69) is 62.3 Å². The van der Waals surface area contributed by atoms with Crippen molar-refractivity contribution in [2.75, 3.05) is 0 Å². The highest BCUT2D eigenvalue weighted by molar-refractivity contribution is 4.64. The lowest BCUT2D eigenvalue weighted by Crippen LogP contribution is -1.99. The maximum Gasteiger partial charge on any atom is -0.0417 e. The van der Waals surface area contributed by atoms with E-state index in [0.717, 1.165) is 29.6 Å². The normalized spacial score (nSPS) is 18.9. The van der Waals surface area contributed by atoms with Crippen molar-refractivity contribution in [3.63, 3.8) is 0 Å². The molecule has 0 unspecified atom stereocenters. The van der Waals surface area contributed by atoms with Gasteiger partial charge in [0, 0.05) is 0 Å². The minimum absolute atomic E-state index is 0.833. The van der Waals surface area contributed by atoms with Gasteiger partial charge in [0.25, 0.3) is 0 Å². The molecule has 0 spiro atoms. The smallest absolute Gasteiger partial charge is 0.0417 e. The van der Waals surface area contributed by atoms with Gasteiger partial charge in [-0.15, -0.1) is 0 Å². The second-order valence-corrected chi connectivity index (χ2v) is 11.2. The van der Waals surface area contributed by atoms with Gasteiger partial charge in [0.05, 0.1) is 0 Å². The van der Waals surface area contributed by atoms with E-state index in [9.17, 15) is 0 Å². The first-order valence-corrected chi connectivity index (χ1v) is 14.7. The SMILES string of the molecule is CC.CC(C)C.CC1CCCC1.CC1CCCCC1.CCC(C)C.CCC1CCCC1. The summed E-state index contributed by atoms with van der Waals surface area (Å²) in [6.45, 7) is 24.1. The van der Waals surface area contributed by atoms with Gasteiger partial charge in [-0.2, -0.15) is 0 Å². The first kappa shape index (κ1) is 35.6. The Bertz CT molecular complexity index is 270. The van der Waals surface area contributed by atoms with Crippen LogP contribution in [0.15, 0.2) is 0 Å². The standard InChI is InChI=1S/2C7H14.C6H12.C5H12.C4H10.C2H6/c1-7-5-3-2-4-6-7;1-2-7-5-3-4-6-7;1-6-4-2-3-5-6;1-4-5(2)3;1-4(2)3;1-2/h2*7H,2-6H2,1H3;6H,2-5H2,1H3;5H,4H2,1-3H3;4H,1-3H3;1-2H3. The lowest BCUT2D eigenvalue weighted by atomic mass is 9.91. The summed E-state index contributed by atoms with van der Waals surface area (Å²) in [6.07, 6.45) is 22.1. The topological polar surface area (TPSA) is 0 Å². The molecule has 3 aliphatic carbocycles. The van der Waals surface area contributed by atoms with Crippen molar-refractivity contribution in [2.24, 2.45) is 29.6 Å². The van der Waals surface area contributed by atoms with Crippen LogP contribution in [0.25, 0.3) is 0 Å². The quantitative estimate of drug-likeness (QED) is 0.400. The van der Waals surface area contributed by atoms with E-state index in [4.69, 9.17) is 0 Å². The van der Waals surface area contributed by atoms with Gasteiger partial charge in [-0.3, -0.25) is 0 Å². The van der Waals surface area contributed by atoms with Crippen molar-refractivity contribution in [3.8, 4) is 0 Å². The van der Waals surface area contributed by atoms with Crippen LogP contribution < -0.4 is 0 Å². The second-order valence-electron chi connectivity index (χ2n) is 11.2. The van der Waals surface area contributed by atoms with Crippen LogP contribution in [0.3, 0.4) is 0 Å². The van der Waals surface area contributed by atoms with Gasteiger partial charge < -0.3 is 0 Å². The minimum atomic E-state index is 0.833. The molecule has 0 aromatic rings. The van der Waals surface area contributed by atoms with Crippen LogP contribution in [0, 0.1) is 29.6 Å². The maximum atomic E-state index is 2.36. The molecule has 0 saturated heterocycles. The first-order chi connectivity index (χ1) is 14.7. The summed E-state index contributed by atoms with van der Waals surface area (Å²) in [7, 11) is 0. The first-order valence-electron chi connectivity index (χ1n) is 14.7. The molecular weight excluding hydrogens is 372 g/mol. The number of hydrogen-bond acceptors (Lipinski definition) is 0. The summed E-state index contributed by atoms with van der Waals surface area (Å²) < 4.78 is 0. The third kappa shape index (κ3) is 34.8. The molecule has 0 heteroatoms. The van der Waals surface area contributed by atoms with Gasteiger partial charge in [0.2, 0.25) is 0 Å². The Morgan fingerprint density at radius 1 is 0.548 bits per heavy atom. The molecule has 31 heavy (non-hydrogen) atoms. The van der Waals surface area contributed by atoms with E-state index in [1.807, 2.05) is 13.8 Å². The maximum absolute atomic E-state index is 2.36. The molecule has 0 nitrogen and oxygen atoms in total. The molecule has 0 heterocycles. The predicted molar refractivity (Wildman–Crippen MR) is 149 cm³/mol. The van der Waals surface area contributed by atoms with Crippen LogP contribution in [-0.4, -0.2) is 0 Å². The third-order valence-electron chi connectivity index (χ3n) is 6.41. The summed E-state index contributed by atoms with van der Waals surface area (Å²) in [5.41, 5.74) is 0. The molecule has 3 rings (SSSR count). The molecule has 0 atom stereocenters. The lowest BCUT2D eigenvalue weighted by molar-refractivity contribution is 0.385. The Morgan fingerprint density at radius 3 is 0.935 bits per heavy atom. The number of hydrogen-bond donors (Lipinski definition) is 0. The molecule has 0 aliphatic heterocycles. The van der Waals surface area contributed by atoms with Crippen LogP contribution in [0.4, 0.5) is 0 Å². The Kier molecular flexibility index (Phi) is 32.2. The molecule has 192 valence electrons. The van der Waals surface area contributed by atoms with Crippen LogP contribution >= 0.6 is 0 Å². The fourth-order valence-corrected chi connectivity index (χ4v) is 3.86. The molecule has 0 aromatic carbocycles. The fraction of sp³-hybridized carbons (Fsp3) is 1.00. The van der Waals surface area contributed by atoms with Crippen LogP contribution in [-0.2, 0) is 0 Å². The van der Waals surface area contributed by atoms with Gasteiger partial charge in [-0.1, -0.05) is 172 Å². The molecular formula is C31H68. The Hall–Kier alpha value is 0. The van der Waals surface area contributed by atoms with Gasteiger partial charge in [0.1, 0.15) is 0 Å². The number of rotatable bonds is 2. The zero-order valence-corrected chi connectivity index (χ0v) is 24.5. The lowest BCUT2D eigenvalue weighted by Gasteiger charge is -2.15. The van der Waals surface area contributed by atoms with Gasteiger partial charge >= 0.3 is 0 Å². The zero-order chi connectivity index (χ0) is 24.5. The van der Waals surface area contributed by atoms with E-state index >= 15 is 0 Å². The van der Waals surface area contributed by atoms with E-state index in [1.165, 1.54) is 96.3 Å². The monoisotopic (exact) mass is 441 g/mol. The van der Waals surface area contributed by atoms with E-state index in [-0.39, 0.29) is 0 Å². The van der Waals surface area contributed by atoms with Crippen molar-refractivity contribution in [1.29, 1.82) is 0 Å². The minimum Gasteiger partial charge on any atom is -0.0683 e. The van der Waals surface area contributed by atoms with Gasteiger partial charge in [-0.05, 0) is 29.6 Å². The summed E-state index contributed by atoms with van der Waals surface area (Å²) in [5, 5.41) is 0. The van der Waals surface area contributed by atoms with Crippen LogP contribution in [0.1, 0.15) is 172 Å². The fourth-order valence-electron chi connectivity index (χ4n) is 3.86. The van der Waals surface area contributed by atoms with Crippen molar-refractivity contribution in [1.82, 2.24) is 0 Å². The zero-order valence-electron chi connectivity index (χ0n) is 24.5. The van der Waals surface area contributed by atoms with Gasteiger partial charge in [0.15, 0.2) is 0 Å². The summed E-state index contributed by atoms with van der Waals surface area (Å²) in [5.74, 6) is 4.90. The molecule has 0 radical (unpaired) electrons. The predicted octanol–water partition coefficient (Wildman–Crippen LogP) is 12.1. The molecule has 3 aliphatic rings. The largest absolute Gasteiger partial charge is 0.0683 e. The van der Waals surface area contributed by atoms with Crippen molar-refractivity contribution < 1.29 is 0 Å². The van der Waals surface area contributed by atoms with E-state index in [1.54, 1.807) is 0 Å². The summed E-state index contributed by atoms with van der Waals surface area (Å²) in [6, 6.07) is 0. The van der Waals surface area contributed by atoms with Crippen molar-refractivity contribution in [3.05, 3.63) is 0 Å². The van der Waals surface area contributed by atoms with Crippen LogP contribution in [0.5, 0.6) is 0 Å². The average molecular weight is 441 g/mol. The van der Waals surface area contributed by atoms with E-state index in [0.29, 0.717) is 0 Å². The van der Waals surface area contributed by atoms with Crippen molar-refractivity contribution in [2.45, 2.75) is 172 Å². The molecule has 0 aromatic heterocycles. The average Bonchev–Trinajstić information content (AvgIpc) is 3.45. The summed E-state index contributed by atoms with van der Waals surface area (Å²) in [4.78, 5) is 0. The van der Waals surface area contributed by atoms with Crippen LogP contribution in [0.2, 0.25) is 0 Å². The molecule has 0 N–H and O–H groups in total. The van der Waals surface area contributed by atoms with Gasteiger partial charge in [-0.25, -0.2) is 0 Å². The highest BCUT2D eigenvalue weighted by atomic mass is 14.2. The molecule has 3 fully saturated rings. The summed E-state index contributed by atoms with van der Waals surface area (Å²) >= 11 is 0. The highest BCUT2D eigenvalue weighted by Crippen LogP contribution is 2.26. The Morgan fingerprint density at radius 2 is 0.806 bits per heavy atom. The third-order valence-corrected chi connectivity index (χ3v) is 6.41. The van der Waals surface area contributed by atoms with Crippen molar-refractivity contribution >= 4 is 0 Å². The molecule has 3 saturated carbocycles.